The first kappa shape index (κ1) is 11.2. The number of hydrogen-bond donors (Lipinski definition) is 1. The lowest BCUT2D eigenvalue weighted by Crippen LogP contribution is -2.50. The van der Waals surface area contributed by atoms with Crippen LogP contribution in [0.5, 0.6) is 0 Å². The fraction of sp³-hybridized carbons (Fsp3) is 0.800. The second-order valence-corrected chi connectivity index (χ2v) is 9.19. The molecule has 0 aromatic carbocycles. The fourth-order valence-electron chi connectivity index (χ4n) is 0.411. The minimum absolute atomic E-state index is 0.972. The summed E-state index contributed by atoms with van der Waals surface area (Å²) in [4.78, 5) is 13.2. The van der Waals surface area contributed by atoms with Gasteiger partial charge in [0, 0.05) is 0 Å². The van der Waals surface area contributed by atoms with Gasteiger partial charge < -0.3 is 4.98 Å². The molecule has 1 N–H and O–H groups in total. The Morgan fingerprint density at radius 1 is 1.45 bits per heavy atom. The molecule has 0 aromatic rings. The lowest BCUT2D eigenvalue weighted by molar-refractivity contribution is -0.123. The molecule has 0 aliphatic carbocycles. The Balaban J connectivity index is 4.11. The molecule has 11 heavy (non-hydrogen) atoms. The molecular weight excluding hydrogens is 208 g/mol. The topological polar surface area (TPSA) is 29.1 Å². The van der Waals surface area contributed by atoms with E-state index in [9.17, 15) is 9.18 Å². The number of amides is 1. The number of carbonyl (C=O) groups excluding carboxylic acids is 1. The summed E-state index contributed by atoms with van der Waals surface area (Å²) in [5.74, 6) is -0.972. The summed E-state index contributed by atoms with van der Waals surface area (Å²) >= 11 is 9.80. The van der Waals surface area contributed by atoms with Crippen molar-refractivity contribution < 1.29 is 9.18 Å². The molecule has 0 aromatic heterocycles. The van der Waals surface area contributed by atoms with Crippen molar-refractivity contribution in [1.29, 1.82) is 0 Å². The van der Waals surface area contributed by atoms with Crippen LogP contribution in [0.25, 0.3) is 0 Å². The van der Waals surface area contributed by atoms with Crippen LogP contribution in [0, 0.1) is 0 Å². The van der Waals surface area contributed by atoms with E-state index in [1.54, 1.807) is 0 Å². The van der Waals surface area contributed by atoms with Crippen molar-refractivity contribution in [2.45, 2.75) is 24.2 Å². The molecule has 66 valence electrons. The molecule has 0 aliphatic rings. The molecule has 0 unspecified atom stereocenters. The van der Waals surface area contributed by atoms with Crippen LogP contribution in [0.4, 0.5) is 4.39 Å². The maximum absolute atomic E-state index is 12.5. The number of rotatable bonds is 2. The molecule has 0 rings (SSSR count). The van der Waals surface area contributed by atoms with Crippen LogP contribution < -0.4 is 4.98 Å². The van der Waals surface area contributed by atoms with Gasteiger partial charge in [0.1, 0.15) is 8.24 Å². The van der Waals surface area contributed by atoms with Gasteiger partial charge >= 0.3 is 4.59 Å². The summed E-state index contributed by atoms with van der Waals surface area (Å²) in [6.45, 7) is 5.51. The first-order valence-electron chi connectivity index (χ1n) is 3.02. The van der Waals surface area contributed by atoms with E-state index in [2.05, 4.69) is 4.98 Å². The molecule has 0 saturated heterocycles. The van der Waals surface area contributed by atoms with Crippen LogP contribution in [-0.2, 0) is 4.79 Å². The second kappa shape index (κ2) is 3.29. The minimum atomic E-state index is -2.81. The second-order valence-electron chi connectivity index (χ2n) is 3.20. The molecule has 0 heterocycles. The van der Waals surface area contributed by atoms with E-state index in [0.29, 0.717) is 0 Å². The SMILES string of the molecule is C[Si](C)(C)NC(=O)C(F)(Cl)Cl. The average Bonchev–Trinajstić information content (AvgIpc) is 1.56. The van der Waals surface area contributed by atoms with E-state index in [1.807, 2.05) is 19.6 Å². The molecule has 0 aliphatic heterocycles. The lowest BCUT2D eigenvalue weighted by atomic mass is 10.7. The monoisotopic (exact) mass is 217 g/mol. The zero-order chi connectivity index (χ0) is 9.28. The Hall–Kier alpha value is 0.197. The normalized spacial score (nSPS) is 12.9. The van der Waals surface area contributed by atoms with E-state index < -0.39 is 18.7 Å². The van der Waals surface area contributed by atoms with Gasteiger partial charge in [-0.2, -0.15) is 4.39 Å². The van der Waals surface area contributed by atoms with Crippen LogP contribution in [0.3, 0.4) is 0 Å². The Morgan fingerprint density at radius 2 is 1.82 bits per heavy atom. The van der Waals surface area contributed by atoms with Gasteiger partial charge in [-0.25, -0.2) is 0 Å². The van der Waals surface area contributed by atoms with Crippen LogP contribution >= 0.6 is 23.2 Å². The summed E-state index contributed by atoms with van der Waals surface area (Å²) < 4.78 is 9.65. The first-order valence-corrected chi connectivity index (χ1v) is 7.28. The van der Waals surface area contributed by atoms with E-state index in [0.717, 1.165) is 0 Å². The number of halogens is 3. The fourth-order valence-corrected chi connectivity index (χ4v) is 1.52. The highest BCUT2D eigenvalue weighted by Crippen LogP contribution is 2.22. The summed E-state index contributed by atoms with van der Waals surface area (Å²) in [5.41, 5.74) is 0. The van der Waals surface area contributed by atoms with E-state index in [-0.39, 0.29) is 0 Å². The van der Waals surface area contributed by atoms with Crippen molar-refractivity contribution in [2.24, 2.45) is 0 Å². The van der Waals surface area contributed by atoms with Crippen molar-refractivity contribution in [3.05, 3.63) is 0 Å². The molecule has 6 heteroatoms. The number of carbonyl (C=O) groups is 1. The first-order chi connectivity index (χ1) is 4.63. The van der Waals surface area contributed by atoms with Gasteiger partial charge in [0.15, 0.2) is 0 Å². The maximum atomic E-state index is 12.5. The quantitative estimate of drug-likeness (QED) is 0.557. The average molecular weight is 218 g/mol. The van der Waals surface area contributed by atoms with Gasteiger partial charge in [-0.3, -0.25) is 4.79 Å². The molecule has 0 radical (unpaired) electrons. The van der Waals surface area contributed by atoms with Gasteiger partial charge in [-0.05, 0) is 0 Å². The number of hydrogen-bond acceptors (Lipinski definition) is 1. The van der Waals surface area contributed by atoms with Gasteiger partial charge in [-0.15, -0.1) is 0 Å². The smallest absolute Gasteiger partial charge is 0.334 e. The third kappa shape index (κ3) is 5.46. The van der Waals surface area contributed by atoms with E-state index in [4.69, 9.17) is 23.2 Å². The van der Waals surface area contributed by atoms with E-state index in [1.165, 1.54) is 0 Å². The summed E-state index contributed by atoms with van der Waals surface area (Å²) in [7, 11) is -1.84. The minimum Gasteiger partial charge on any atom is -0.377 e. The number of alkyl halides is 3. The molecule has 0 spiro atoms. The standard InChI is InChI=1S/C5H10Cl2FNOSi/c1-11(2,3)9-4(10)5(6,7)8/h1-3H3,(H,9,10). The van der Waals surface area contributed by atoms with Gasteiger partial charge in [-0.1, -0.05) is 42.8 Å². The predicted octanol–water partition coefficient (Wildman–Crippen LogP) is 2.04. The van der Waals surface area contributed by atoms with Crippen molar-refractivity contribution in [1.82, 2.24) is 4.98 Å². The zero-order valence-electron chi connectivity index (χ0n) is 6.54. The molecule has 0 atom stereocenters. The van der Waals surface area contributed by atoms with Gasteiger partial charge in [0.2, 0.25) is 0 Å². The van der Waals surface area contributed by atoms with Crippen LogP contribution in [-0.4, -0.2) is 18.7 Å². The Kier molecular flexibility index (Phi) is 3.35. The van der Waals surface area contributed by atoms with Gasteiger partial charge in [0.05, 0.1) is 0 Å². The summed E-state index contributed by atoms with van der Waals surface area (Å²) in [6, 6.07) is 0. The molecule has 1 amide bonds. The summed E-state index contributed by atoms with van der Waals surface area (Å²) in [5, 5.41) is 0. The molecular formula is C5H10Cl2FNOSi. The molecule has 2 nitrogen and oxygen atoms in total. The van der Waals surface area contributed by atoms with Crippen LogP contribution in [0.2, 0.25) is 19.6 Å². The Bertz CT molecular complexity index is 163. The van der Waals surface area contributed by atoms with Crippen molar-refractivity contribution >= 4 is 37.3 Å². The van der Waals surface area contributed by atoms with Crippen molar-refractivity contribution in [3.63, 3.8) is 0 Å². The number of nitrogens with one attached hydrogen (secondary N) is 1. The highest BCUT2D eigenvalue weighted by atomic mass is 35.5. The molecule has 0 saturated carbocycles. The van der Waals surface area contributed by atoms with Gasteiger partial charge in [0.25, 0.3) is 5.91 Å². The highest BCUT2D eigenvalue weighted by Gasteiger charge is 2.35. The predicted molar refractivity (Wildman–Crippen MR) is 47.0 cm³/mol. The van der Waals surface area contributed by atoms with Crippen LogP contribution in [0.1, 0.15) is 0 Å². The van der Waals surface area contributed by atoms with E-state index >= 15 is 0 Å². The lowest BCUT2D eigenvalue weighted by Gasteiger charge is -2.20. The largest absolute Gasteiger partial charge is 0.377 e. The van der Waals surface area contributed by atoms with Crippen molar-refractivity contribution in [3.8, 4) is 0 Å². The third-order valence-electron chi connectivity index (χ3n) is 0.746. The summed E-state index contributed by atoms with van der Waals surface area (Å²) in [6.07, 6.45) is 0. The Morgan fingerprint density at radius 3 is 1.91 bits per heavy atom. The molecule has 0 bridgehead atoms. The van der Waals surface area contributed by atoms with Crippen LogP contribution in [0.15, 0.2) is 0 Å². The maximum Gasteiger partial charge on any atom is 0.334 e. The van der Waals surface area contributed by atoms with Crippen molar-refractivity contribution in [2.75, 3.05) is 0 Å². The third-order valence-corrected chi connectivity index (χ3v) is 2.07. The molecule has 0 fully saturated rings. The highest BCUT2D eigenvalue weighted by molar-refractivity contribution is 6.77. The zero-order valence-corrected chi connectivity index (χ0v) is 9.05. The Labute approximate surface area is 76.1 Å².